The maximum atomic E-state index is 12.3. The van der Waals surface area contributed by atoms with Crippen molar-refractivity contribution >= 4 is 17.6 Å². The fourth-order valence-corrected chi connectivity index (χ4v) is 2.48. The van der Waals surface area contributed by atoms with Gasteiger partial charge >= 0.3 is 11.7 Å². The highest BCUT2D eigenvalue weighted by atomic mass is 16.6. The second kappa shape index (κ2) is 9.36. The SMILES string of the molecule is C[C@@H](OC(=O)c1cccc[n+]1[O-])C(=O)Nc1ccc(OCc2ccccc2)cc1. The summed E-state index contributed by atoms with van der Waals surface area (Å²) in [5.41, 5.74) is 1.40. The number of hydrogen-bond donors (Lipinski definition) is 1. The van der Waals surface area contributed by atoms with Gasteiger partial charge in [0.15, 0.2) is 12.3 Å². The largest absolute Gasteiger partial charge is 0.618 e. The van der Waals surface area contributed by atoms with Crippen LogP contribution in [0.5, 0.6) is 5.75 Å². The van der Waals surface area contributed by atoms with E-state index in [9.17, 15) is 14.8 Å². The number of pyridine rings is 1. The lowest BCUT2D eigenvalue weighted by Crippen LogP contribution is -2.37. The van der Waals surface area contributed by atoms with Gasteiger partial charge in [0.25, 0.3) is 5.91 Å². The Labute approximate surface area is 168 Å². The number of nitrogens with zero attached hydrogens (tertiary/aromatic N) is 1. The van der Waals surface area contributed by atoms with Gasteiger partial charge in [-0.05, 0) is 42.8 Å². The van der Waals surface area contributed by atoms with E-state index in [-0.39, 0.29) is 5.69 Å². The topological polar surface area (TPSA) is 91.6 Å². The van der Waals surface area contributed by atoms with Gasteiger partial charge in [-0.2, -0.15) is 4.73 Å². The first-order valence-electron chi connectivity index (χ1n) is 9.00. The van der Waals surface area contributed by atoms with Gasteiger partial charge in [-0.1, -0.05) is 30.3 Å². The zero-order chi connectivity index (χ0) is 20.6. The molecule has 0 saturated heterocycles. The molecular weight excluding hydrogens is 372 g/mol. The van der Waals surface area contributed by atoms with E-state index >= 15 is 0 Å². The molecule has 0 bridgehead atoms. The molecule has 0 fully saturated rings. The minimum Gasteiger partial charge on any atom is -0.618 e. The van der Waals surface area contributed by atoms with Gasteiger partial charge < -0.3 is 20.0 Å². The molecule has 0 aliphatic carbocycles. The molecule has 3 rings (SSSR count). The highest BCUT2D eigenvalue weighted by Gasteiger charge is 2.23. The van der Waals surface area contributed by atoms with Crippen molar-refractivity contribution in [3.05, 3.63) is 95.5 Å². The Kier molecular flexibility index (Phi) is 6.42. The van der Waals surface area contributed by atoms with Crippen LogP contribution in [0, 0.1) is 5.21 Å². The molecule has 1 amide bonds. The van der Waals surface area contributed by atoms with Crippen LogP contribution >= 0.6 is 0 Å². The number of esters is 1. The van der Waals surface area contributed by atoms with E-state index < -0.39 is 18.0 Å². The number of rotatable bonds is 7. The van der Waals surface area contributed by atoms with Crippen LogP contribution in [0.15, 0.2) is 79.0 Å². The Morgan fingerprint density at radius 3 is 2.38 bits per heavy atom. The average molecular weight is 392 g/mol. The first-order valence-corrected chi connectivity index (χ1v) is 9.00. The van der Waals surface area contributed by atoms with E-state index in [4.69, 9.17) is 9.47 Å². The monoisotopic (exact) mass is 392 g/mol. The van der Waals surface area contributed by atoms with Gasteiger partial charge in [-0.25, -0.2) is 4.79 Å². The van der Waals surface area contributed by atoms with E-state index in [0.717, 1.165) is 5.56 Å². The molecule has 7 nitrogen and oxygen atoms in total. The van der Waals surface area contributed by atoms with Crippen molar-refractivity contribution < 1.29 is 23.8 Å². The van der Waals surface area contributed by atoms with E-state index in [1.807, 2.05) is 30.3 Å². The number of nitrogens with one attached hydrogen (secondary N) is 1. The van der Waals surface area contributed by atoms with Crippen molar-refractivity contribution in [2.24, 2.45) is 0 Å². The Hall–Kier alpha value is -3.87. The van der Waals surface area contributed by atoms with Gasteiger partial charge in [0, 0.05) is 17.8 Å². The van der Waals surface area contributed by atoms with E-state index in [1.165, 1.54) is 31.3 Å². The van der Waals surface area contributed by atoms with Crippen molar-refractivity contribution in [3.8, 4) is 5.75 Å². The van der Waals surface area contributed by atoms with Gasteiger partial charge in [-0.3, -0.25) is 4.79 Å². The lowest BCUT2D eigenvalue weighted by atomic mass is 10.2. The number of hydrogen-bond acceptors (Lipinski definition) is 5. The van der Waals surface area contributed by atoms with E-state index in [1.54, 1.807) is 24.3 Å². The molecule has 148 valence electrons. The normalized spacial score (nSPS) is 11.3. The summed E-state index contributed by atoms with van der Waals surface area (Å²) >= 11 is 0. The maximum Gasteiger partial charge on any atom is 0.405 e. The van der Waals surface area contributed by atoms with Crippen LogP contribution in [0.2, 0.25) is 0 Å². The van der Waals surface area contributed by atoms with Gasteiger partial charge in [0.2, 0.25) is 0 Å². The molecule has 1 N–H and O–H groups in total. The Balaban J connectivity index is 1.52. The lowest BCUT2D eigenvalue weighted by molar-refractivity contribution is -0.608. The molecule has 0 unspecified atom stereocenters. The van der Waals surface area contributed by atoms with Gasteiger partial charge in [0.1, 0.15) is 12.4 Å². The molecular formula is C22H20N2O5. The second-order valence-corrected chi connectivity index (χ2v) is 6.25. The highest BCUT2D eigenvalue weighted by Crippen LogP contribution is 2.17. The molecule has 29 heavy (non-hydrogen) atoms. The molecule has 1 heterocycles. The van der Waals surface area contributed by atoms with Crippen molar-refractivity contribution in [1.82, 2.24) is 0 Å². The van der Waals surface area contributed by atoms with Crippen LogP contribution in [0.1, 0.15) is 23.0 Å². The summed E-state index contributed by atoms with van der Waals surface area (Å²) in [7, 11) is 0. The summed E-state index contributed by atoms with van der Waals surface area (Å²) in [4.78, 5) is 24.3. The summed E-state index contributed by atoms with van der Waals surface area (Å²) in [5, 5.41) is 14.2. The zero-order valence-electron chi connectivity index (χ0n) is 15.8. The third-order valence-electron chi connectivity index (χ3n) is 4.06. The summed E-state index contributed by atoms with van der Waals surface area (Å²) in [6, 6.07) is 21.0. The molecule has 0 spiro atoms. The molecule has 7 heteroatoms. The molecule has 3 aromatic rings. The minimum atomic E-state index is -1.07. The fraction of sp³-hybridized carbons (Fsp3) is 0.136. The first-order chi connectivity index (χ1) is 14.0. The standard InChI is InChI=1S/C22H20N2O5/c1-16(29-22(26)20-9-5-6-14-24(20)27)21(25)23-18-10-12-19(13-11-18)28-15-17-7-3-2-4-8-17/h2-14,16H,15H2,1H3,(H,23,25)/t16-/m1/s1. The number of ether oxygens (including phenoxy) is 2. The number of aromatic nitrogens is 1. The molecule has 1 aromatic heterocycles. The smallest absolute Gasteiger partial charge is 0.405 e. The van der Waals surface area contributed by atoms with Crippen molar-refractivity contribution in [1.29, 1.82) is 0 Å². The molecule has 2 aromatic carbocycles. The van der Waals surface area contributed by atoms with Crippen LogP contribution in [0.3, 0.4) is 0 Å². The first kappa shape index (κ1) is 19.9. The zero-order valence-corrected chi connectivity index (χ0v) is 15.8. The quantitative estimate of drug-likeness (QED) is 0.379. The summed E-state index contributed by atoms with van der Waals surface area (Å²) in [5.74, 6) is -0.715. The summed E-state index contributed by atoms with van der Waals surface area (Å²) < 4.78 is 11.2. The number of amides is 1. The van der Waals surface area contributed by atoms with Crippen LogP contribution in [0.4, 0.5) is 5.69 Å². The Bertz CT molecular complexity index is 974. The van der Waals surface area contributed by atoms with Crippen LogP contribution in [-0.4, -0.2) is 18.0 Å². The number of benzene rings is 2. The highest BCUT2D eigenvalue weighted by molar-refractivity contribution is 5.96. The van der Waals surface area contributed by atoms with Crippen molar-refractivity contribution in [3.63, 3.8) is 0 Å². The predicted octanol–water partition coefficient (Wildman–Crippen LogP) is 3.08. The van der Waals surface area contributed by atoms with Crippen molar-refractivity contribution in [2.45, 2.75) is 19.6 Å². The third-order valence-corrected chi connectivity index (χ3v) is 4.06. The number of anilines is 1. The lowest BCUT2D eigenvalue weighted by Gasteiger charge is -2.13. The maximum absolute atomic E-state index is 12.3. The van der Waals surface area contributed by atoms with Gasteiger partial charge in [0.05, 0.1) is 0 Å². The Morgan fingerprint density at radius 2 is 1.69 bits per heavy atom. The van der Waals surface area contributed by atoms with Crippen LogP contribution < -0.4 is 14.8 Å². The molecule has 0 saturated carbocycles. The predicted molar refractivity (Wildman–Crippen MR) is 106 cm³/mol. The minimum absolute atomic E-state index is 0.188. The molecule has 1 atom stereocenters. The summed E-state index contributed by atoms with van der Waals surface area (Å²) in [6.45, 7) is 1.88. The molecule has 0 aliphatic rings. The Morgan fingerprint density at radius 1 is 1.00 bits per heavy atom. The van der Waals surface area contributed by atoms with Crippen LogP contribution in [0.25, 0.3) is 0 Å². The van der Waals surface area contributed by atoms with Crippen LogP contribution in [-0.2, 0) is 16.1 Å². The summed E-state index contributed by atoms with van der Waals surface area (Å²) in [6.07, 6.45) is 0.111. The fourth-order valence-electron chi connectivity index (χ4n) is 2.48. The number of carbonyl (C=O) groups excluding carboxylic acids is 2. The van der Waals surface area contributed by atoms with E-state index in [0.29, 0.717) is 22.8 Å². The van der Waals surface area contributed by atoms with Crippen molar-refractivity contribution in [2.75, 3.05) is 5.32 Å². The van der Waals surface area contributed by atoms with E-state index in [2.05, 4.69) is 5.32 Å². The average Bonchev–Trinajstić information content (AvgIpc) is 2.74. The third kappa shape index (κ3) is 5.55. The van der Waals surface area contributed by atoms with Gasteiger partial charge in [-0.15, -0.1) is 0 Å². The second-order valence-electron chi connectivity index (χ2n) is 6.25. The molecule has 0 aliphatic heterocycles. The molecule has 0 radical (unpaired) electrons. The number of carbonyl (C=O) groups is 2.